The predicted molar refractivity (Wildman–Crippen MR) is 76.6 cm³/mol. The zero-order valence-electron chi connectivity index (χ0n) is 11.6. The van der Waals surface area contributed by atoms with Gasteiger partial charge in [-0.15, -0.1) is 0 Å². The van der Waals surface area contributed by atoms with Crippen molar-refractivity contribution in [1.82, 2.24) is 20.4 Å². The van der Waals surface area contributed by atoms with Crippen LogP contribution in [0.1, 0.15) is 11.1 Å². The molecule has 20 heavy (non-hydrogen) atoms. The molecule has 0 unspecified atom stereocenters. The Hall–Kier alpha value is -2.37. The molecule has 0 aliphatic rings. The molecule has 0 spiro atoms. The Kier molecular flexibility index (Phi) is 4.70. The SMILES string of the molecule is CN=C(NCc1ccc(F)cc1)NCc1cnn(C)c1. The van der Waals surface area contributed by atoms with Crippen LogP contribution in [0.25, 0.3) is 0 Å². The second-order valence-electron chi connectivity index (χ2n) is 4.43. The lowest BCUT2D eigenvalue weighted by molar-refractivity contribution is 0.626. The smallest absolute Gasteiger partial charge is 0.191 e. The molecule has 6 heteroatoms. The monoisotopic (exact) mass is 275 g/mol. The minimum atomic E-state index is -0.229. The molecule has 2 aromatic rings. The minimum absolute atomic E-state index is 0.229. The molecule has 0 saturated carbocycles. The van der Waals surface area contributed by atoms with Gasteiger partial charge in [0.05, 0.1) is 6.20 Å². The number of nitrogens with one attached hydrogen (secondary N) is 2. The summed E-state index contributed by atoms with van der Waals surface area (Å²) in [4.78, 5) is 4.14. The van der Waals surface area contributed by atoms with E-state index in [0.717, 1.165) is 11.1 Å². The average molecular weight is 275 g/mol. The molecule has 0 aliphatic carbocycles. The van der Waals surface area contributed by atoms with E-state index in [0.29, 0.717) is 19.0 Å². The van der Waals surface area contributed by atoms with Crippen molar-refractivity contribution in [3.05, 3.63) is 53.6 Å². The lowest BCUT2D eigenvalue weighted by Crippen LogP contribution is -2.36. The third kappa shape index (κ3) is 4.08. The Balaban J connectivity index is 1.82. The summed E-state index contributed by atoms with van der Waals surface area (Å²) < 4.78 is 14.6. The number of halogens is 1. The molecule has 0 bridgehead atoms. The van der Waals surface area contributed by atoms with E-state index in [-0.39, 0.29) is 5.82 Å². The van der Waals surface area contributed by atoms with Crippen LogP contribution in [0, 0.1) is 5.82 Å². The van der Waals surface area contributed by atoms with Crippen LogP contribution in [0.3, 0.4) is 0 Å². The number of aliphatic imine (C=N–C) groups is 1. The fourth-order valence-electron chi connectivity index (χ4n) is 1.76. The van der Waals surface area contributed by atoms with Crippen LogP contribution in [-0.4, -0.2) is 22.8 Å². The van der Waals surface area contributed by atoms with E-state index in [9.17, 15) is 4.39 Å². The highest BCUT2D eigenvalue weighted by Crippen LogP contribution is 2.02. The summed E-state index contributed by atoms with van der Waals surface area (Å²) in [5.74, 6) is 0.464. The molecule has 1 aromatic carbocycles. The fraction of sp³-hybridized carbons (Fsp3) is 0.286. The van der Waals surface area contributed by atoms with Gasteiger partial charge >= 0.3 is 0 Å². The third-order valence-corrected chi connectivity index (χ3v) is 2.82. The van der Waals surface area contributed by atoms with Gasteiger partial charge < -0.3 is 10.6 Å². The molecule has 0 amide bonds. The molecule has 2 N–H and O–H groups in total. The summed E-state index contributed by atoms with van der Waals surface area (Å²) in [6.45, 7) is 1.24. The maximum absolute atomic E-state index is 12.8. The van der Waals surface area contributed by atoms with Gasteiger partial charge in [0.2, 0.25) is 0 Å². The summed E-state index contributed by atoms with van der Waals surface area (Å²) in [5.41, 5.74) is 2.08. The van der Waals surface area contributed by atoms with E-state index in [2.05, 4.69) is 20.7 Å². The highest BCUT2D eigenvalue weighted by molar-refractivity contribution is 5.79. The molecule has 5 nitrogen and oxygen atoms in total. The number of aromatic nitrogens is 2. The van der Waals surface area contributed by atoms with Crippen molar-refractivity contribution in [3.8, 4) is 0 Å². The van der Waals surface area contributed by atoms with Crippen molar-refractivity contribution in [1.29, 1.82) is 0 Å². The second-order valence-corrected chi connectivity index (χ2v) is 4.43. The zero-order valence-corrected chi connectivity index (χ0v) is 11.6. The molecule has 106 valence electrons. The van der Waals surface area contributed by atoms with Gasteiger partial charge in [0.15, 0.2) is 5.96 Å². The zero-order chi connectivity index (χ0) is 14.4. The van der Waals surface area contributed by atoms with Gasteiger partial charge in [0.1, 0.15) is 5.82 Å². The summed E-state index contributed by atoms with van der Waals surface area (Å²) in [5, 5.41) is 10.5. The van der Waals surface area contributed by atoms with E-state index in [1.165, 1.54) is 12.1 Å². The number of hydrogen-bond donors (Lipinski definition) is 2. The molecule has 1 heterocycles. The van der Waals surface area contributed by atoms with Crippen LogP contribution in [0.5, 0.6) is 0 Å². The first-order valence-electron chi connectivity index (χ1n) is 6.34. The first kappa shape index (κ1) is 14.0. The average Bonchev–Trinajstić information content (AvgIpc) is 2.87. The van der Waals surface area contributed by atoms with Gasteiger partial charge in [-0.1, -0.05) is 12.1 Å². The van der Waals surface area contributed by atoms with Gasteiger partial charge in [0, 0.05) is 38.9 Å². The van der Waals surface area contributed by atoms with Crippen molar-refractivity contribution in [2.75, 3.05) is 7.05 Å². The number of guanidine groups is 1. The summed E-state index contributed by atoms with van der Waals surface area (Å²) in [6, 6.07) is 6.39. The van der Waals surface area contributed by atoms with E-state index in [1.54, 1.807) is 30.1 Å². The highest BCUT2D eigenvalue weighted by atomic mass is 19.1. The Labute approximate surface area is 117 Å². The van der Waals surface area contributed by atoms with Crippen LogP contribution in [0.2, 0.25) is 0 Å². The van der Waals surface area contributed by atoms with Crippen molar-refractivity contribution in [3.63, 3.8) is 0 Å². The number of hydrogen-bond acceptors (Lipinski definition) is 2. The summed E-state index contributed by atoms with van der Waals surface area (Å²) in [7, 11) is 3.59. The van der Waals surface area contributed by atoms with Crippen LogP contribution < -0.4 is 10.6 Å². The number of rotatable bonds is 4. The predicted octanol–water partition coefficient (Wildman–Crippen LogP) is 1.42. The normalized spacial score (nSPS) is 11.4. The first-order chi connectivity index (χ1) is 9.67. The van der Waals surface area contributed by atoms with Crippen molar-refractivity contribution in [2.45, 2.75) is 13.1 Å². The van der Waals surface area contributed by atoms with Crippen molar-refractivity contribution in [2.24, 2.45) is 12.0 Å². The number of benzene rings is 1. The molecule has 2 rings (SSSR count). The van der Waals surface area contributed by atoms with Crippen LogP contribution in [0.4, 0.5) is 4.39 Å². The Morgan fingerprint density at radius 3 is 2.40 bits per heavy atom. The second kappa shape index (κ2) is 6.70. The van der Waals surface area contributed by atoms with Gasteiger partial charge in [-0.3, -0.25) is 9.67 Å². The summed E-state index contributed by atoms with van der Waals surface area (Å²) in [6.07, 6.45) is 3.75. The minimum Gasteiger partial charge on any atom is -0.352 e. The van der Waals surface area contributed by atoms with E-state index in [1.807, 2.05) is 13.2 Å². The molecular weight excluding hydrogens is 257 g/mol. The largest absolute Gasteiger partial charge is 0.352 e. The van der Waals surface area contributed by atoms with Gasteiger partial charge in [0.25, 0.3) is 0 Å². The molecule has 0 radical (unpaired) electrons. The van der Waals surface area contributed by atoms with Crippen molar-refractivity contribution >= 4 is 5.96 Å². The third-order valence-electron chi connectivity index (χ3n) is 2.82. The Morgan fingerprint density at radius 1 is 1.20 bits per heavy atom. The van der Waals surface area contributed by atoms with E-state index in [4.69, 9.17) is 0 Å². The quantitative estimate of drug-likeness (QED) is 0.655. The van der Waals surface area contributed by atoms with Gasteiger partial charge in [-0.25, -0.2) is 4.39 Å². The first-order valence-corrected chi connectivity index (χ1v) is 6.34. The topological polar surface area (TPSA) is 54.2 Å². The van der Waals surface area contributed by atoms with Crippen LogP contribution in [-0.2, 0) is 20.1 Å². The Bertz CT molecular complexity index is 574. The fourth-order valence-corrected chi connectivity index (χ4v) is 1.76. The van der Waals surface area contributed by atoms with E-state index < -0.39 is 0 Å². The van der Waals surface area contributed by atoms with Gasteiger partial charge in [-0.2, -0.15) is 5.10 Å². The number of nitrogens with zero attached hydrogens (tertiary/aromatic N) is 3. The van der Waals surface area contributed by atoms with Crippen LogP contribution >= 0.6 is 0 Å². The highest BCUT2D eigenvalue weighted by Gasteiger charge is 2.00. The molecule has 1 aromatic heterocycles. The molecule has 0 saturated heterocycles. The van der Waals surface area contributed by atoms with E-state index >= 15 is 0 Å². The van der Waals surface area contributed by atoms with Gasteiger partial charge in [-0.05, 0) is 17.7 Å². The Morgan fingerprint density at radius 2 is 1.85 bits per heavy atom. The molecule has 0 aliphatic heterocycles. The summed E-state index contributed by atoms with van der Waals surface area (Å²) >= 11 is 0. The standard InChI is InChI=1S/C14H18FN5/c1-16-14(18-8-12-9-19-20(2)10-12)17-7-11-3-5-13(15)6-4-11/h3-6,9-10H,7-8H2,1-2H3,(H2,16,17,18). The number of aryl methyl sites for hydroxylation is 1. The lowest BCUT2D eigenvalue weighted by atomic mass is 10.2. The lowest BCUT2D eigenvalue weighted by Gasteiger charge is -2.11. The van der Waals surface area contributed by atoms with Crippen molar-refractivity contribution < 1.29 is 4.39 Å². The molecular formula is C14H18FN5. The molecule has 0 fully saturated rings. The van der Waals surface area contributed by atoms with Crippen LogP contribution in [0.15, 0.2) is 41.7 Å². The maximum atomic E-state index is 12.8. The molecule has 0 atom stereocenters. The maximum Gasteiger partial charge on any atom is 0.191 e.